The molecule has 0 unspecified atom stereocenters. The zero-order valence-electron chi connectivity index (χ0n) is 18.3. The van der Waals surface area contributed by atoms with Crippen molar-refractivity contribution in [2.75, 3.05) is 11.5 Å². The number of thiophene rings is 1. The molecule has 1 aliphatic rings. The van der Waals surface area contributed by atoms with Gasteiger partial charge in [0.15, 0.2) is 5.17 Å². The Balaban J connectivity index is 1.57. The van der Waals surface area contributed by atoms with Gasteiger partial charge in [-0.25, -0.2) is 4.90 Å². The lowest BCUT2D eigenvalue weighted by Crippen LogP contribution is -2.31. The van der Waals surface area contributed by atoms with E-state index in [4.69, 9.17) is 10.5 Å². The van der Waals surface area contributed by atoms with Gasteiger partial charge in [-0.3, -0.25) is 9.59 Å². The number of ether oxygens (including phenoxy) is 1. The maximum atomic E-state index is 12.8. The largest absolute Gasteiger partial charge is 0.494 e. The number of unbranched alkanes of at least 4 members (excludes halogenated alkanes) is 3. The second-order valence-corrected chi connectivity index (χ2v) is 9.55. The predicted molar refractivity (Wildman–Crippen MR) is 133 cm³/mol. The third-order valence-electron chi connectivity index (χ3n) is 4.91. The van der Waals surface area contributed by atoms with Crippen LogP contribution in [-0.4, -0.2) is 34.6 Å². The minimum Gasteiger partial charge on any atom is -0.494 e. The molecule has 7 nitrogen and oxygen atoms in total. The lowest BCUT2D eigenvalue weighted by atomic mass is 10.2. The van der Waals surface area contributed by atoms with Crippen LogP contribution in [0.25, 0.3) is 0 Å². The summed E-state index contributed by atoms with van der Waals surface area (Å²) >= 11 is 2.62. The van der Waals surface area contributed by atoms with Gasteiger partial charge in [-0.2, -0.15) is 5.10 Å². The second-order valence-electron chi connectivity index (χ2n) is 7.38. The summed E-state index contributed by atoms with van der Waals surface area (Å²) in [4.78, 5) is 27.6. The highest BCUT2D eigenvalue weighted by atomic mass is 32.2. The fraction of sp³-hybridized carbons (Fsp3) is 0.391. The minimum absolute atomic E-state index is 0.0724. The van der Waals surface area contributed by atoms with Gasteiger partial charge in [-0.05, 0) is 49.1 Å². The number of amides is 2. The standard InChI is InChI=1S/C23H28N4O3S2/c1-3-4-5-6-13-30-18-11-9-17(10-12-18)27-21(28)15-20(22(27)29)32-23(24)26-25-16(2)19-8-7-14-31-19/h7-12,14,20H,3-6,13,15H2,1-2H3,(H2,24,26)/b25-16-/t20-/m0/s1. The molecule has 1 saturated heterocycles. The van der Waals surface area contributed by atoms with Crippen molar-refractivity contribution in [2.45, 2.75) is 51.2 Å². The van der Waals surface area contributed by atoms with Gasteiger partial charge in [-0.1, -0.05) is 44.0 Å². The number of imide groups is 1. The van der Waals surface area contributed by atoms with Gasteiger partial charge in [0.1, 0.15) is 11.0 Å². The van der Waals surface area contributed by atoms with E-state index in [2.05, 4.69) is 17.1 Å². The number of benzene rings is 1. The predicted octanol–water partition coefficient (Wildman–Crippen LogP) is 4.81. The molecular formula is C23H28N4O3S2. The molecule has 3 rings (SSSR count). The Morgan fingerprint density at radius 3 is 2.66 bits per heavy atom. The Morgan fingerprint density at radius 2 is 1.97 bits per heavy atom. The molecule has 0 radical (unpaired) electrons. The highest BCUT2D eigenvalue weighted by Gasteiger charge is 2.40. The lowest BCUT2D eigenvalue weighted by Gasteiger charge is -2.15. The van der Waals surface area contributed by atoms with Crippen molar-refractivity contribution in [3.63, 3.8) is 0 Å². The van der Waals surface area contributed by atoms with Crippen molar-refractivity contribution in [2.24, 2.45) is 15.9 Å². The molecule has 32 heavy (non-hydrogen) atoms. The van der Waals surface area contributed by atoms with Gasteiger partial charge in [0, 0.05) is 6.42 Å². The van der Waals surface area contributed by atoms with Crippen LogP contribution in [0.5, 0.6) is 5.75 Å². The molecule has 1 aliphatic heterocycles. The quantitative estimate of drug-likeness (QED) is 0.176. The smallest absolute Gasteiger partial charge is 0.247 e. The first-order valence-electron chi connectivity index (χ1n) is 10.7. The maximum Gasteiger partial charge on any atom is 0.247 e. The number of thioether (sulfide) groups is 1. The van der Waals surface area contributed by atoms with Crippen molar-refractivity contribution in [1.82, 2.24) is 0 Å². The minimum atomic E-state index is -0.613. The monoisotopic (exact) mass is 472 g/mol. The van der Waals surface area contributed by atoms with Gasteiger partial charge in [0.05, 0.1) is 22.9 Å². The average Bonchev–Trinajstić information content (AvgIpc) is 3.41. The molecule has 1 atom stereocenters. The van der Waals surface area contributed by atoms with Crippen LogP contribution in [0.3, 0.4) is 0 Å². The SMILES string of the molecule is CCCCCCOc1ccc(N2C(=O)C[C@H](SC(N)=N/N=C(/C)c3cccs3)C2=O)cc1. The summed E-state index contributed by atoms with van der Waals surface area (Å²) < 4.78 is 5.73. The topological polar surface area (TPSA) is 97.3 Å². The Hall–Kier alpha value is -2.65. The third-order valence-corrected chi connectivity index (χ3v) is 6.86. The normalized spacial score (nSPS) is 17.3. The Kier molecular flexibility index (Phi) is 8.87. The van der Waals surface area contributed by atoms with Crippen LogP contribution < -0.4 is 15.4 Å². The van der Waals surface area contributed by atoms with Crippen molar-refractivity contribution in [1.29, 1.82) is 0 Å². The molecule has 1 fully saturated rings. The Labute approximate surface area is 196 Å². The zero-order valence-corrected chi connectivity index (χ0v) is 20.0. The van der Waals surface area contributed by atoms with Crippen LogP contribution in [0, 0.1) is 0 Å². The number of carbonyl (C=O) groups excluding carboxylic acids is 2. The lowest BCUT2D eigenvalue weighted by molar-refractivity contribution is -0.121. The summed E-state index contributed by atoms with van der Waals surface area (Å²) in [7, 11) is 0. The van der Waals surface area contributed by atoms with Gasteiger partial charge >= 0.3 is 0 Å². The summed E-state index contributed by atoms with van der Waals surface area (Å²) in [6.07, 6.45) is 4.62. The van der Waals surface area contributed by atoms with Crippen molar-refractivity contribution < 1.29 is 14.3 Å². The molecule has 2 heterocycles. The van der Waals surface area contributed by atoms with E-state index in [0.717, 1.165) is 40.9 Å². The van der Waals surface area contributed by atoms with E-state index >= 15 is 0 Å². The third kappa shape index (κ3) is 6.43. The summed E-state index contributed by atoms with van der Waals surface area (Å²) in [6, 6.07) is 10.9. The fourth-order valence-electron chi connectivity index (χ4n) is 3.21. The fourth-order valence-corrected chi connectivity index (χ4v) is 4.69. The highest BCUT2D eigenvalue weighted by Crippen LogP contribution is 2.30. The summed E-state index contributed by atoms with van der Waals surface area (Å²) in [5.74, 6) is 0.169. The number of amidine groups is 1. The molecule has 9 heteroatoms. The molecule has 0 spiro atoms. The second kappa shape index (κ2) is 11.8. The number of nitrogens with zero attached hydrogens (tertiary/aromatic N) is 3. The van der Waals surface area contributed by atoms with Crippen LogP contribution in [0.4, 0.5) is 5.69 Å². The van der Waals surface area contributed by atoms with Crippen molar-refractivity contribution in [3.05, 3.63) is 46.7 Å². The van der Waals surface area contributed by atoms with Crippen LogP contribution in [0.1, 0.15) is 50.8 Å². The first kappa shape index (κ1) is 24.0. The summed E-state index contributed by atoms with van der Waals surface area (Å²) in [5, 5.41) is 9.64. The van der Waals surface area contributed by atoms with E-state index in [1.807, 2.05) is 24.4 Å². The first-order valence-corrected chi connectivity index (χ1v) is 12.4. The number of hydrogen-bond donors (Lipinski definition) is 1. The van der Waals surface area contributed by atoms with Crippen LogP contribution in [-0.2, 0) is 9.59 Å². The van der Waals surface area contributed by atoms with Gasteiger partial charge < -0.3 is 10.5 Å². The Bertz CT molecular complexity index is 972. The number of rotatable bonds is 10. The van der Waals surface area contributed by atoms with E-state index in [-0.39, 0.29) is 23.4 Å². The average molecular weight is 473 g/mol. The maximum absolute atomic E-state index is 12.8. The van der Waals surface area contributed by atoms with Crippen molar-refractivity contribution >= 4 is 51.5 Å². The molecule has 170 valence electrons. The molecular weight excluding hydrogens is 444 g/mol. The number of anilines is 1. The summed E-state index contributed by atoms with van der Waals surface area (Å²) in [5.41, 5.74) is 7.23. The van der Waals surface area contributed by atoms with Gasteiger partial charge in [0.25, 0.3) is 0 Å². The van der Waals surface area contributed by atoms with Crippen LogP contribution in [0.15, 0.2) is 52.0 Å². The zero-order chi connectivity index (χ0) is 22.9. The molecule has 2 N–H and O–H groups in total. The summed E-state index contributed by atoms with van der Waals surface area (Å²) in [6.45, 7) is 4.68. The molecule has 2 aromatic rings. The molecule has 0 aliphatic carbocycles. The van der Waals surface area contributed by atoms with E-state index in [0.29, 0.717) is 12.3 Å². The van der Waals surface area contributed by atoms with Gasteiger partial charge in [-0.15, -0.1) is 16.4 Å². The van der Waals surface area contributed by atoms with Crippen LogP contribution >= 0.6 is 23.1 Å². The first-order chi connectivity index (χ1) is 15.5. The van der Waals surface area contributed by atoms with E-state index < -0.39 is 5.25 Å². The number of hydrogen-bond acceptors (Lipinski definition) is 7. The molecule has 1 aromatic carbocycles. The number of carbonyl (C=O) groups is 2. The molecule has 2 amide bonds. The Morgan fingerprint density at radius 1 is 1.19 bits per heavy atom. The number of nitrogens with two attached hydrogens (primary N) is 1. The highest BCUT2D eigenvalue weighted by molar-refractivity contribution is 8.14. The van der Waals surface area contributed by atoms with Crippen molar-refractivity contribution in [3.8, 4) is 5.75 Å². The van der Waals surface area contributed by atoms with Crippen LogP contribution in [0.2, 0.25) is 0 Å². The van der Waals surface area contributed by atoms with E-state index in [1.165, 1.54) is 17.7 Å². The van der Waals surface area contributed by atoms with Gasteiger partial charge in [0.2, 0.25) is 11.8 Å². The molecule has 0 saturated carbocycles. The molecule has 1 aromatic heterocycles. The van der Waals surface area contributed by atoms with E-state index in [1.54, 1.807) is 35.6 Å². The molecule has 0 bridgehead atoms. The van der Waals surface area contributed by atoms with E-state index in [9.17, 15) is 9.59 Å².